The van der Waals surface area contributed by atoms with Gasteiger partial charge in [0.2, 0.25) is 0 Å². The zero-order valence-electron chi connectivity index (χ0n) is 16.8. The average molecular weight is 413 g/mol. The lowest BCUT2D eigenvalue weighted by molar-refractivity contribution is -0.267. The lowest BCUT2D eigenvalue weighted by Crippen LogP contribution is -2.69. The summed E-state index contributed by atoms with van der Waals surface area (Å²) < 4.78 is 0. The second-order valence-corrected chi connectivity index (χ2v) is 10.7. The van der Waals surface area contributed by atoms with Crippen molar-refractivity contribution in [3.8, 4) is 0 Å². The van der Waals surface area contributed by atoms with Crippen LogP contribution in [0.2, 0.25) is 0 Å². The van der Waals surface area contributed by atoms with Gasteiger partial charge in [0.25, 0.3) is 0 Å². The standard InChI is InChI=1S/C22H33ClO5/c1-12-8-16-14-9-17(25)21(27)10-13(24)4-6-19(21,2)15(14)5-7-20(16,3)22(12,28)18(26)11-23/h13-17,24-25,27-28H,1,4-11H2,2-3H3/t13?,14-,15+,16+,17?,19-,20+,21?,22+/m1/s1. The first-order valence-electron chi connectivity index (χ1n) is 10.5. The number of carbonyl (C=O) groups is 1. The van der Waals surface area contributed by atoms with Crippen molar-refractivity contribution in [1.29, 1.82) is 0 Å². The molecule has 0 saturated heterocycles. The zero-order chi connectivity index (χ0) is 20.7. The summed E-state index contributed by atoms with van der Waals surface area (Å²) in [5, 5.41) is 44.1. The Balaban J connectivity index is 1.74. The molecular weight excluding hydrogens is 380 g/mol. The number of aliphatic hydroxyl groups is 4. The van der Waals surface area contributed by atoms with Crippen molar-refractivity contribution in [3.63, 3.8) is 0 Å². The number of hydrogen-bond donors (Lipinski definition) is 4. The molecule has 4 N–H and O–H groups in total. The van der Waals surface area contributed by atoms with Gasteiger partial charge in [-0.1, -0.05) is 20.4 Å². The number of aliphatic hydroxyl groups excluding tert-OH is 2. The van der Waals surface area contributed by atoms with Gasteiger partial charge in [0, 0.05) is 17.3 Å². The minimum absolute atomic E-state index is 0.0128. The molecule has 28 heavy (non-hydrogen) atoms. The number of rotatable bonds is 2. The SMILES string of the molecule is C=C1C[C@H]2[C@@H]3CC(O)C4(O)CC(O)CC[C@]4(C)[C@H]3CC[C@]2(C)[C@@]1(O)C(=O)CCl. The predicted octanol–water partition coefficient (Wildman–Crippen LogP) is 2.18. The Hall–Kier alpha value is -0.460. The molecule has 0 aromatic heterocycles. The van der Waals surface area contributed by atoms with Crippen LogP contribution in [0.4, 0.5) is 0 Å². The van der Waals surface area contributed by atoms with Crippen LogP contribution in [-0.2, 0) is 4.79 Å². The van der Waals surface area contributed by atoms with Crippen molar-refractivity contribution in [2.75, 3.05) is 5.88 Å². The molecule has 4 aliphatic rings. The number of Topliss-reactive ketones (excluding diaryl/α,β-unsaturated/α-hetero) is 1. The number of fused-ring (bicyclic) bond motifs is 5. The van der Waals surface area contributed by atoms with Crippen molar-refractivity contribution in [3.05, 3.63) is 12.2 Å². The summed E-state index contributed by atoms with van der Waals surface area (Å²) in [5.74, 6) is -0.360. The maximum absolute atomic E-state index is 12.6. The molecule has 0 amide bonds. The molecule has 6 heteroatoms. The van der Waals surface area contributed by atoms with E-state index in [0.29, 0.717) is 37.7 Å². The van der Waals surface area contributed by atoms with Crippen molar-refractivity contribution in [2.24, 2.45) is 28.6 Å². The minimum atomic E-state index is -1.62. The van der Waals surface area contributed by atoms with Gasteiger partial charge in [0.05, 0.1) is 23.7 Å². The summed E-state index contributed by atoms with van der Waals surface area (Å²) in [7, 11) is 0. The van der Waals surface area contributed by atoms with Crippen molar-refractivity contribution in [2.45, 2.75) is 82.2 Å². The van der Waals surface area contributed by atoms with E-state index in [-0.39, 0.29) is 35.8 Å². The molecule has 0 heterocycles. The highest BCUT2D eigenvalue weighted by molar-refractivity contribution is 6.29. The summed E-state index contributed by atoms with van der Waals surface area (Å²) in [6.45, 7) is 8.08. The molecule has 0 bridgehead atoms. The van der Waals surface area contributed by atoms with Gasteiger partial charge in [-0.05, 0) is 61.9 Å². The van der Waals surface area contributed by atoms with Gasteiger partial charge in [-0.25, -0.2) is 0 Å². The van der Waals surface area contributed by atoms with Crippen LogP contribution >= 0.6 is 11.6 Å². The van der Waals surface area contributed by atoms with Crippen molar-refractivity contribution in [1.82, 2.24) is 0 Å². The van der Waals surface area contributed by atoms with Gasteiger partial charge in [0.1, 0.15) is 0 Å². The summed E-state index contributed by atoms with van der Waals surface area (Å²) in [6.07, 6.45) is 2.36. The monoisotopic (exact) mass is 412 g/mol. The highest BCUT2D eigenvalue weighted by atomic mass is 35.5. The molecule has 3 unspecified atom stereocenters. The minimum Gasteiger partial charge on any atom is -0.393 e. The predicted molar refractivity (Wildman–Crippen MR) is 106 cm³/mol. The van der Waals surface area contributed by atoms with E-state index in [4.69, 9.17) is 11.6 Å². The lowest BCUT2D eigenvalue weighted by Gasteiger charge is -2.65. The zero-order valence-corrected chi connectivity index (χ0v) is 17.6. The second-order valence-electron chi connectivity index (χ2n) is 10.4. The number of hydrogen-bond acceptors (Lipinski definition) is 5. The molecule has 4 rings (SSSR count). The highest BCUT2D eigenvalue weighted by Gasteiger charge is 2.71. The van der Waals surface area contributed by atoms with Crippen LogP contribution in [0.25, 0.3) is 0 Å². The largest absolute Gasteiger partial charge is 0.393 e. The molecule has 158 valence electrons. The third-order valence-electron chi connectivity index (χ3n) is 9.55. The van der Waals surface area contributed by atoms with Gasteiger partial charge >= 0.3 is 0 Å². The molecular formula is C22H33ClO5. The Bertz CT molecular complexity index is 711. The topological polar surface area (TPSA) is 98.0 Å². The molecule has 4 aliphatic carbocycles. The van der Waals surface area contributed by atoms with E-state index < -0.39 is 34.2 Å². The van der Waals surface area contributed by atoms with E-state index in [1.807, 2.05) is 6.92 Å². The number of carbonyl (C=O) groups excluding carboxylic acids is 1. The summed E-state index contributed by atoms with van der Waals surface area (Å²) in [5.41, 5.74) is -3.53. The third-order valence-corrected chi connectivity index (χ3v) is 9.80. The summed E-state index contributed by atoms with van der Waals surface area (Å²) in [4.78, 5) is 12.6. The number of alkyl halides is 1. The molecule has 9 atom stereocenters. The van der Waals surface area contributed by atoms with Gasteiger partial charge in [0.15, 0.2) is 11.4 Å². The molecule has 4 saturated carbocycles. The fourth-order valence-corrected chi connectivity index (χ4v) is 8.03. The fraction of sp³-hybridized carbons (Fsp3) is 0.864. The molecule has 0 aromatic carbocycles. The van der Waals surface area contributed by atoms with Crippen LogP contribution in [0.5, 0.6) is 0 Å². The second kappa shape index (κ2) is 6.27. The third kappa shape index (κ3) is 2.26. The Morgan fingerprint density at radius 2 is 1.79 bits per heavy atom. The van der Waals surface area contributed by atoms with Gasteiger partial charge in [-0.15, -0.1) is 11.6 Å². The molecule has 0 aromatic rings. The summed E-state index contributed by atoms with van der Waals surface area (Å²) >= 11 is 5.84. The van der Waals surface area contributed by atoms with Crippen LogP contribution in [0.15, 0.2) is 12.2 Å². The Kier molecular flexibility index (Phi) is 4.66. The van der Waals surface area contributed by atoms with Gasteiger partial charge in [-0.3, -0.25) is 4.79 Å². The molecule has 5 nitrogen and oxygen atoms in total. The fourth-order valence-electron chi connectivity index (χ4n) is 7.84. The normalized spacial score (nSPS) is 56.0. The van der Waals surface area contributed by atoms with Crippen molar-refractivity contribution >= 4 is 17.4 Å². The van der Waals surface area contributed by atoms with Crippen LogP contribution in [-0.4, -0.2) is 55.5 Å². The molecule has 0 radical (unpaired) electrons. The van der Waals surface area contributed by atoms with E-state index in [1.165, 1.54) is 0 Å². The quantitative estimate of drug-likeness (QED) is 0.411. The van der Waals surface area contributed by atoms with Crippen LogP contribution < -0.4 is 0 Å². The first-order chi connectivity index (χ1) is 13.0. The smallest absolute Gasteiger partial charge is 0.183 e. The Morgan fingerprint density at radius 3 is 2.43 bits per heavy atom. The van der Waals surface area contributed by atoms with Gasteiger partial charge < -0.3 is 20.4 Å². The Morgan fingerprint density at radius 1 is 1.14 bits per heavy atom. The van der Waals surface area contributed by atoms with Crippen molar-refractivity contribution < 1.29 is 25.2 Å². The number of halogens is 1. The first kappa shape index (κ1) is 20.8. The maximum atomic E-state index is 12.6. The lowest BCUT2D eigenvalue weighted by atomic mass is 9.42. The van der Waals surface area contributed by atoms with Crippen LogP contribution in [0.3, 0.4) is 0 Å². The average Bonchev–Trinajstić information content (AvgIpc) is 2.85. The van der Waals surface area contributed by atoms with E-state index in [2.05, 4.69) is 13.5 Å². The highest BCUT2D eigenvalue weighted by Crippen LogP contribution is 2.69. The van der Waals surface area contributed by atoms with E-state index in [1.54, 1.807) is 0 Å². The van der Waals surface area contributed by atoms with E-state index in [0.717, 1.165) is 6.42 Å². The maximum Gasteiger partial charge on any atom is 0.183 e. The number of ketones is 1. The molecule has 4 fully saturated rings. The van der Waals surface area contributed by atoms with E-state index in [9.17, 15) is 25.2 Å². The van der Waals surface area contributed by atoms with Gasteiger partial charge in [-0.2, -0.15) is 0 Å². The molecule has 0 spiro atoms. The van der Waals surface area contributed by atoms with Crippen LogP contribution in [0.1, 0.15) is 58.8 Å². The van der Waals surface area contributed by atoms with Crippen LogP contribution in [0, 0.1) is 28.6 Å². The first-order valence-corrected chi connectivity index (χ1v) is 11.1. The Labute approximate surface area is 171 Å². The summed E-state index contributed by atoms with van der Waals surface area (Å²) in [6, 6.07) is 0. The molecule has 0 aliphatic heterocycles. The van der Waals surface area contributed by atoms with E-state index >= 15 is 0 Å².